The number of hydrogen-bond acceptors (Lipinski definition) is 6. The summed E-state index contributed by atoms with van der Waals surface area (Å²) in [4.78, 5) is 19.9. The van der Waals surface area contributed by atoms with Crippen molar-refractivity contribution in [2.75, 3.05) is 18.8 Å². The Hall–Kier alpha value is -2.71. The number of rotatable bonds is 5. The van der Waals surface area contributed by atoms with Crippen molar-refractivity contribution in [2.45, 2.75) is 37.8 Å². The number of hydrogen-bond donors (Lipinski definition) is 0. The third kappa shape index (κ3) is 4.17. The van der Waals surface area contributed by atoms with Crippen LogP contribution in [0.3, 0.4) is 0 Å². The lowest BCUT2D eigenvalue weighted by Crippen LogP contribution is -2.40. The number of carbonyl (C=O) groups is 1. The smallest absolute Gasteiger partial charge is 0.233 e. The molecule has 6 nitrogen and oxygen atoms in total. The molecule has 1 aliphatic rings. The Morgan fingerprint density at radius 3 is 2.78 bits per heavy atom. The lowest BCUT2D eigenvalue weighted by molar-refractivity contribution is -0.129. The molecule has 32 heavy (non-hydrogen) atoms. The maximum absolute atomic E-state index is 13.1. The molecule has 0 unspecified atom stereocenters. The molecule has 1 fully saturated rings. The van der Waals surface area contributed by atoms with Crippen molar-refractivity contribution in [3.8, 4) is 5.69 Å². The largest absolute Gasteiger partial charge is 0.341 e. The number of carbonyl (C=O) groups excluding carboxylic acids is 1. The predicted octanol–water partition coefficient (Wildman–Crippen LogP) is 4.99. The maximum Gasteiger partial charge on any atom is 0.233 e. The van der Waals surface area contributed by atoms with Crippen LogP contribution in [-0.4, -0.2) is 49.4 Å². The minimum absolute atomic E-state index is 0.151. The second-order valence-electron chi connectivity index (χ2n) is 8.14. The fourth-order valence-corrected chi connectivity index (χ4v) is 6.20. The highest BCUT2D eigenvalue weighted by Crippen LogP contribution is 2.33. The Labute approximate surface area is 195 Å². The Kier molecular flexibility index (Phi) is 5.97. The van der Waals surface area contributed by atoms with Gasteiger partial charge < -0.3 is 4.90 Å². The van der Waals surface area contributed by atoms with Crippen molar-refractivity contribution in [1.29, 1.82) is 0 Å². The first-order chi connectivity index (χ1) is 15.6. The molecule has 3 heterocycles. The molecule has 2 aromatic heterocycles. The van der Waals surface area contributed by atoms with E-state index in [-0.39, 0.29) is 5.91 Å². The summed E-state index contributed by atoms with van der Waals surface area (Å²) in [7, 11) is 0. The highest BCUT2D eigenvalue weighted by Gasteiger charge is 2.27. The average Bonchev–Trinajstić information content (AvgIpc) is 3.41. The van der Waals surface area contributed by atoms with Gasteiger partial charge in [0.15, 0.2) is 5.16 Å². The number of thioether (sulfide) groups is 1. The third-order valence-corrected chi connectivity index (χ3v) is 8.02. The fourth-order valence-electron chi connectivity index (χ4n) is 4.22. The monoisotopic (exact) mass is 463 g/mol. The zero-order valence-electron chi connectivity index (χ0n) is 18.2. The summed E-state index contributed by atoms with van der Waals surface area (Å²) < 4.78 is 3.25. The number of piperidine rings is 1. The van der Waals surface area contributed by atoms with Crippen LogP contribution in [0, 0.1) is 13.8 Å². The molecule has 8 heteroatoms. The zero-order valence-corrected chi connectivity index (χ0v) is 19.8. The van der Waals surface area contributed by atoms with Crippen molar-refractivity contribution in [1.82, 2.24) is 24.6 Å². The van der Waals surface area contributed by atoms with Crippen LogP contribution in [0.4, 0.5) is 0 Å². The SMILES string of the molecule is Cc1ccccc1-n1c(C)nnc1SCC(=O)N1CCC[C@@H](c2nc3ccccc3s2)C1. The van der Waals surface area contributed by atoms with Gasteiger partial charge in [0.25, 0.3) is 0 Å². The first kappa shape index (κ1) is 21.2. The molecular weight excluding hydrogens is 438 g/mol. The van der Waals surface area contributed by atoms with E-state index in [1.165, 1.54) is 16.5 Å². The first-order valence-electron chi connectivity index (χ1n) is 10.8. The third-order valence-electron chi connectivity index (χ3n) is 5.91. The van der Waals surface area contributed by atoms with Gasteiger partial charge in [-0.25, -0.2) is 4.98 Å². The highest BCUT2D eigenvalue weighted by molar-refractivity contribution is 7.99. The van der Waals surface area contributed by atoms with Crippen LogP contribution in [0.2, 0.25) is 0 Å². The Morgan fingerprint density at radius 2 is 1.94 bits per heavy atom. The van der Waals surface area contributed by atoms with Gasteiger partial charge in [-0.3, -0.25) is 9.36 Å². The minimum atomic E-state index is 0.151. The van der Waals surface area contributed by atoms with E-state index in [0.29, 0.717) is 11.7 Å². The van der Waals surface area contributed by atoms with Crippen molar-refractivity contribution in [3.05, 3.63) is 64.9 Å². The molecule has 5 rings (SSSR count). The fraction of sp³-hybridized carbons (Fsp3) is 0.333. The topological polar surface area (TPSA) is 63.9 Å². The molecular formula is C24H25N5OS2. The number of likely N-dealkylation sites (tertiary alicyclic amines) is 1. The van der Waals surface area contributed by atoms with Crippen LogP contribution in [0.15, 0.2) is 53.7 Å². The molecule has 0 bridgehead atoms. The highest BCUT2D eigenvalue weighted by atomic mass is 32.2. The number of thiazole rings is 1. The summed E-state index contributed by atoms with van der Waals surface area (Å²) >= 11 is 3.21. The van der Waals surface area contributed by atoms with Crippen molar-refractivity contribution in [2.24, 2.45) is 0 Å². The number of aromatic nitrogens is 4. The lowest BCUT2D eigenvalue weighted by Gasteiger charge is -2.31. The van der Waals surface area contributed by atoms with Gasteiger partial charge in [0, 0.05) is 19.0 Å². The normalized spacial score (nSPS) is 16.6. The molecule has 0 N–H and O–H groups in total. The number of nitrogens with zero attached hydrogens (tertiary/aromatic N) is 5. The van der Waals surface area contributed by atoms with Gasteiger partial charge in [-0.05, 0) is 50.5 Å². The van der Waals surface area contributed by atoms with Gasteiger partial charge in [-0.15, -0.1) is 21.5 Å². The van der Waals surface area contributed by atoms with E-state index in [9.17, 15) is 4.79 Å². The predicted molar refractivity (Wildman–Crippen MR) is 130 cm³/mol. The molecule has 0 radical (unpaired) electrons. The molecule has 0 saturated carbocycles. The molecule has 0 spiro atoms. The average molecular weight is 464 g/mol. The van der Waals surface area contributed by atoms with E-state index in [0.717, 1.165) is 58.7 Å². The van der Waals surface area contributed by atoms with Crippen LogP contribution >= 0.6 is 23.1 Å². The van der Waals surface area contributed by atoms with E-state index in [4.69, 9.17) is 4.98 Å². The molecule has 2 aromatic carbocycles. The van der Waals surface area contributed by atoms with Gasteiger partial charge >= 0.3 is 0 Å². The van der Waals surface area contributed by atoms with Gasteiger partial charge in [0.1, 0.15) is 5.82 Å². The van der Waals surface area contributed by atoms with Gasteiger partial charge in [0.05, 0.1) is 26.7 Å². The van der Waals surface area contributed by atoms with Gasteiger partial charge in [-0.1, -0.05) is 42.1 Å². The van der Waals surface area contributed by atoms with Gasteiger partial charge in [-0.2, -0.15) is 0 Å². The summed E-state index contributed by atoms with van der Waals surface area (Å²) in [6, 6.07) is 16.4. The molecule has 1 saturated heterocycles. The van der Waals surface area contributed by atoms with E-state index >= 15 is 0 Å². The van der Waals surface area contributed by atoms with Crippen LogP contribution in [-0.2, 0) is 4.79 Å². The number of amides is 1. The maximum atomic E-state index is 13.1. The first-order valence-corrected chi connectivity index (χ1v) is 12.6. The molecule has 4 aromatic rings. The van der Waals surface area contributed by atoms with E-state index in [1.807, 2.05) is 34.6 Å². The summed E-state index contributed by atoms with van der Waals surface area (Å²) in [6.07, 6.45) is 2.09. The lowest BCUT2D eigenvalue weighted by atomic mass is 9.99. The molecule has 1 aliphatic heterocycles. The number of aryl methyl sites for hydroxylation is 2. The molecule has 164 valence electrons. The summed E-state index contributed by atoms with van der Waals surface area (Å²) in [5.74, 6) is 1.64. The van der Waals surface area contributed by atoms with E-state index in [2.05, 4.69) is 47.5 Å². The Bertz CT molecular complexity index is 1230. The van der Waals surface area contributed by atoms with Crippen LogP contribution in [0.1, 0.15) is 35.2 Å². The van der Waals surface area contributed by atoms with Crippen LogP contribution < -0.4 is 0 Å². The van der Waals surface area contributed by atoms with E-state index < -0.39 is 0 Å². The number of fused-ring (bicyclic) bond motifs is 1. The minimum Gasteiger partial charge on any atom is -0.341 e. The zero-order chi connectivity index (χ0) is 22.1. The molecule has 1 amide bonds. The summed E-state index contributed by atoms with van der Waals surface area (Å²) in [5, 5.41) is 10.5. The second-order valence-corrected chi connectivity index (χ2v) is 10.1. The second kappa shape index (κ2) is 9.03. The Balaban J connectivity index is 1.27. The van der Waals surface area contributed by atoms with Crippen molar-refractivity contribution >= 4 is 39.2 Å². The van der Waals surface area contributed by atoms with Crippen molar-refractivity contribution in [3.63, 3.8) is 0 Å². The Morgan fingerprint density at radius 1 is 1.12 bits per heavy atom. The quantitative estimate of drug-likeness (QED) is 0.390. The van der Waals surface area contributed by atoms with Crippen LogP contribution in [0.5, 0.6) is 0 Å². The molecule has 1 atom stereocenters. The number of para-hydroxylation sites is 2. The molecule has 0 aliphatic carbocycles. The van der Waals surface area contributed by atoms with E-state index in [1.54, 1.807) is 11.3 Å². The summed E-state index contributed by atoms with van der Waals surface area (Å²) in [5.41, 5.74) is 3.26. The summed E-state index contributed by atoms with van der Waals surface area (Å²) in [6.45, 7) is 5.57. The van der Waals surface area contributed by atoms with Crippen molar-refractivity contribution < 1.29 is 4.79 Å². The van der Waals surface area contributed by atoms with Gasteiger partial charge in [0.2, 0.25) is 5.91 Å². The number of benzene rings is 2. The standard InChI is InChI=1S/C24H25N5OS2/c1-16-8-3-5-11-20(16)29-17(2)26-27-24(29)31-15-22(30)28-13-7-9-18(14-28)23-25-19-10-4-6-12-21(19)32-23/h3-6,8,10-12,18H,7,9,13-15H2,1-2H3/t18-/m1/s1. The van der Waals surface area contributed by atoms with Crippen LogP contribution in [0.25, 0.3) is 15.9 Å².